The average molecular weight is 389 g/mol. The van der Waals surface area contributed by atoms with Crippen LogP contribution in [0.15, 0.2) is 11.8 Å². The zero-order chi connectivity index (χ0) is 21.1. The maximum atomic E-state index is 14.4. The molecule has 8 nitrogen and oxygen atoms in total. The fraction of sp³-hybridized carbons (Fsp3) is 0.375. The summed E-state index contributed by atoms with van der Waals surface area (Å²) in [6.45, 7) is 6.00. The first-order valence-corrected chi connectivity index (χ1v) is 7.50. The number of nitrogens with zero attached hydrogens (tertiary/aromatic N) is 1. The number of ketones is 1. The number of hydrogen-bond donors (Lipinski definition) is 2. The van der Waals surface area contributed by atoms with E-state index in [1.807, 2.05) is 0 Å². The van der Waals surface area contributed by atoms with Crippen molar-refractivity contribution in [2.45, 2.75) is 33.2 Å². The molecule has 0 bridgehead atoms. The molecule has 0 saturated carbocycles. The molecule has 0 saturated heterocycles. The zero-order valence-corrected chi connectivity index (χ0v) is 15.2. The Morgan fingerprint density at radius 2 is 1.70 bits per heavy atom. The summed E-state index contributed by atoms with van der Waals surface area (Å²) in [6, 6.07) is 0. The van der Waals surface area contributed by atoms with Crippen molar-refractivity contribution in [3.63, 3.8) is 0 Å². The third kappa shape index (κ3) is 4.82. The number of esters is 1. The maximum Gasteiger partial charge on any atom is 0.343 e. The summed E-state index contributed by atoms with van der Waals surface area (Å²) >= 11 is 0. The molecule has 0 amide bonds. The smallest absolute Gasteiger partial charge is 0.343 e. The molecule has 0 fully saturated rings. The van der Waals surface area contributed by atoms with Gasteiger partial charge in [-0.05, 0) is 27.7 Å². The molecular formula is C16H18F3N3O5. The van der Waals surface area contributed by atoms with E-state index >= 15 is 0 Å². The van der Waals surface area contributed by atoms with Gasteiger partial charge in [0.2, 0.25) is 11.6 Å². The van der Waals surface area contributed by atoms with Crippen molar-refractivity contribution < 1.29 is 32.4 Å². The predicted octanol–water partition coefficient (Wildman–Crippen LogP) is 2.45. The number of hydrogen-bond acceptors (Lipinski definition) is 7. The summed E-state index contributed by atoms with van der Waals surface area (Å²) in [5, 5.41) is 11.1. The van der Waals surface area contributed by atoms with Gasteiger partial charge < -0.3 is 10.2 Å². The van der Waals surface area contributed by atoms with Crippen molar-refractivity contribution in [2.24, 2.45) is 0 Å². The van der Waals surface area contributed by atoms with Crippen LogP contribution in [0.2, 0.25) is 0 Å². The van der Waals surface area contributed by atoms with Crippen molar-refractivity contribution in [3.05, 3.63) is 50.5 Å². The average Bonchev–Trinajstić information content (AvgIpc) is 2.57. The maximum absolute atomic E-state index is 14.4. The van der Waals surface area contributed by atoms with Gasteiger partial charge in [0.15, 0.2) is 5.82 Å². The van der Waals surface area contributed by atoms with Crippen molar-refractivity contribution in [3.8, 4) is 0 Å². The highest BCUT2D eigenvalue weighted by atomic mass is 19.2. The normalized spacial score (nSPS) is 11.9. The summed E-state index contributed by atoms with van der Waals surface area (Å²) in [5.74, 6) is -8.26. The number of Topliss-reactive ketones (excluding diaryl/α,β-unsaturated/α-hetero) is 1. The van der Waals surface area contributed by atoms with E-state index in [0.29, 0.717) is 0 Å². The molecule has 0 aliphatic rings. The highest BCUT2D eigenvalue weighted by Gasteiger charge is 2.37. The van der Waals surface area contributed by atoms with Gasteiger partial charge in [-0.25, -0.2) is 19.0 Å². The Morgan fingerprint density at radius 1 is 1.15 bits per heavy atom. The Morgan fingerprint density at radius 3 is 2.15 bits per heavy atom. The summed E-state index contributed by atoms with van der Waals surface area (Å²) < 4.78 is 46.4. The number of carbonyl (C=O) groups excluding carboxylic acids is 2. The first-order valence-electron chi connectivity index (χ1n) is 7.50. The number of methoxy groups -OCH3 is 1. The molecule has 1 rings (SSSR count). The van der Waals surface area contributed by atoms with Gasteiger partial charge in [0.05, 0.1) is 12.0 Å². The first-order chi connectivity index (χ1) is 12.3. The SMILES string of the molecule is COC(=O)/C(=C/NNC(C)(C)C)C(=O)c1c(F)c(C)c(F)c(F)c1[N+](=O)[O-]. The second-order valence-electron chi connectivity index (χ2n) is 6.45. The van der Waals surface area contributed by atoms with Gasteiger partial charge in [-0.2, -0.15) is 4.39 Å². The number of nitro benzene ring substituents is 1. The van der Waals surface area contributed by atoms with Crippen LogP contribution in [0.4, 0.5) is 18.9 Å². The molecule has 148 valence electrons. The van der Waals surface area contributed by atoms with Crippen LogP contribution in [0.25, 0.3) is 0 Å². The van der Waals surface area contributed by atoms with Crippen LogP contribution >= 0.6 is 0 Å². The minimum atomic E-state index is -2.01. The number of nitrogens with one attached hydrogen (secondary N) is 2. The predicted molar refractivity (Wildman–Crippen MR) is 88.2 cm³/mol. The lowest BCUT2D eigenvalue weighted by Crippen LogP contribution is -2.44. The van der Waals surface area contributed by atoms with Crippen LogP contribution in [0, 0.1) is 34.5 Å². The molecule has 0 aromatic heterocycles. The fourth-order valence-electron chi connectivity index (χ4n) is 1.93. The van der Waals surface area contributed by atoms with E-state index < -0.39 is 62.1 Å². The van der Waals surface area contributed by atoms with Crippen molar-refractivity contribution >= 4 is 17.4 Å². The molecular weight excluding hydrogens is 371 g/mol. The van der Waals surface area contributed by atoms with E-state index in [1.165, 1.54) is 0 Å². The van der Waals surface area contributed by atoms with Crippen LogP contribution < -0.4 is 10.9 Å². The quantitative estimate of drug-likeness (QED) is 0.112. The van der Waals surface area contributed by atoms with Crippen LogP contribution in [-0.4, -0.2) is 29.3 Å². The van der Waals surface area contributed by atoms with Crippen LogP contribution in [0.5, 0.6) is 0 Å². The van der Waals surface area contributed by atoms with Gasteiger partial charge in [0.25, 0.3) is 0 Å². The first kappa shape index (κ1) is 22.1. The van der Waals surface area contributed by atoms with Crippen molar-refractivity contribution in [1.82, 2.24) is 10.9 Å². The lowest BCUT2D eigenvalue weighted by Gasteiger charge is -2.20. The topological polar surface area (TPSA) is 111 Å². The molecule has 0 unspecified atom stereocenters. The fourth-order valence-corrected chi connectivity index (χ4v) is 1.93. The van der Waals surface area contributed by atoms with E-state index in [-0.39, 0.29) is 0 Å². The number of ether oxygens (including phenoxy) is 1. The Kier molecular flexibility index (Phi) is 6.68. The van der Waals surface area contributed by atoms with Crippen LogP contribution in [-0.2, 0) is 9.53 Å². The van der Waals surface area contributed by atoms with Gasteiger partial charge in [0.1, 0.15) is 17.0 Å². The Hall–Kier alpha value is -2.95. The van der Waals surface area contributed by atoms with Crippen molar-refractivity contribution in [2.75, 3.05) is 7.11 Å². The minimum absolute atomic E-state index is 0.517. The Balaban J connectivity index is 3.61. The molecule has 27 heavy (non-hydrogen) atoms. The standard InChI is InChI=1S/C16H18F3N3O5/c1-7-10(17)9(13(22(25)26)12(19)11(7)18)14(23)8(15(24)27-5)6-20-21-16(2,3)4/h6,20-21H,1-5H3/b8-6+. The van der Waals surface area contributed by atoms with E-state index in [2.05, 4.69) is 15.6 Å². The van der Waals surface area contributed by atoms with E-state index in [4.69, 9.17) is 0 Å². The van der Waals surface area contributed by atoms with Gasteiger partial charge in [-0.3, -0.25) is 14.9 Å². The summed E-state index contributed by atoms with van der Waals surface area (Å²) in [7, 11) is 0.919. The summed E-state index contributed by atoms with van der Waals surface area (Å²) in [6.07, 6.45) is 0.791. The van der Waals surface area contributed by atoms with E-state index in [0.717, 1.165) is 20.2 Å². The zero-order valence-electron chi connectivity index (χ0n) is 15.2. The van der Waals surface area contributed by atoms with Gasteiger partial charge in [-0.15, -0.1) is 0 Å². The number of carbonyl (C=O) groups is 2. The number of rotatable bonds is 6. The summed E-state index contributed by atoms with van der Waals surface area (Å²) in [5.41, 5.74) is -0.328. The largest absolute Gasteiger partial charge is 0.465 e. The van der Waals surface area contributed by atoms with Crippen molar-refractivity contribution in [1.29, 1.82) is 0 Å². The highest BCUT2D eigenvalue weighted by Crippen LogP contribution is 2.32. The molecule has 1 aromatic carbocycles. The van der Waals surface area contributed by atoms with Gasteiger partial charge >= 0.3 is 11.7 Å². The number of nitro groups is 1. The van der Waals surface area contributed by atoms with E-state index in [1.54, 1.807) is 20.8 Å². The molecule has 0 spiro atoms. The highest BCUT2D eigenvalue weighted by molar-refractivity contribution is 6.25. The molecule has 0 aliphatic carbocycles. The number of hydrazine groups is 1. The number of halogens is 3. The molecule has 11 heteroatoms. The van der Waals surface area contributed by atoms with Crippen LogP contribution in [0.1, 0.15) is 36.7 Å². The second-order valence-corrected chi connectivity index (χ2v) is 6.45. The third-order valence-electron chi connectivity index (χ3n) is 3.24. The molecule has 0 radical (unpaired) electrons. The molecule has 2 N–H and O–H groups in total. The Bertz CT molecular complexity index is 832. The van der Waals surface area contributed by atoms with Gasteiger partial charge in [-0.1, -0.05) is 0 Å². The lowest BCUT2D eigenvalue weighted by atomic mass is 9.98. The summed E-state index contributed by atoms with van der Waals surface area (Å²) in [4.78, 5) is 34.1. The second kappa shape index (κ2) is 8.16. The molecule has 0 aliphatic heterocycles. The van der Waals surface area contributed by atoms with Gasteiger partial charge in [0, 0.05) is 17.3 Å². The monoisotopic (exact) mass is 389 g/mol. The van der Waals surface area contributed by atoms with E-state index in [9.17, 15) is 32.9 Å². The molecule has 0 heterocycles. The minimum Gasteiger partial charge on any atom is -0.465 e. The third-order valence-corrected chi connectivity index (χ3v) is 3.24. The Labute approximate surface area is 152 Å². The lowest BCUT2D eigenvalue weighted by molar-refractivity contribution is -0.388. The molecule has 0 atom stereocenters. The number of benzene rings is 1. The van der Waals surface area contributed by atoms with Crippen LogP contribution in [0.3, 0.4) is 0 Å². The molecule has 1 aromatic rings.